The summed E-state index contributed by atoms with van der Waals surface area (Å²) >= 11 is 0. The van der Waals surface area contributed by atoms with E-state index in [1.165, 1.54) is 11.1 Å². The lowest BCUT2D eigenvalue weighted by Gasteiger charge is -2.02. The lowest BCUT2D eigenvalue weighted by atomic mass is 10.0. The van der Waals surface area contributed by atoms with Gasteiger partial charge >= 0.3 is 5.97 Å². The summed E-state index contributed by atoms with van der Waals surface area (Å²) in [6, 6.07) is 8.19. The zero-order chi connectivity index (χ0) is 11.8. The number of hydrogen-bond acceptors (Lipinski definition) is 2. The first kappa shape index (κ1) is 12.5. The van der Waals surface area contributed by atoms with Crippen LogP contribution in [0.2, 0.25) is 0 Å². The standard InChI is InChI=1S/C14H18O2/c1-3-12-8-5-6-9-13(12)10-7-11-14(15)16-4-2/h5-10H,3-4,11H2,1-2H3. The largest absolute Gasteiger partial charge is 0.466 e. The summed E-state index contributed by atoms with van der Waals surface area (Å²) in [5.41, 5.74) is 2.47. The first-order valence-electron chi connectivity index (χ1n) is 5.68. The molecule has 0 amide bonds. The van der Waals surface area contributed by atoms with Crippen LogP contribution in [0.1, 0.15) is 31.4 Å². The fourth-order valence-corrected chi connectivity index (χ4v) is 1.52. The van der Waals surface area contributed by atoms with E-state index in [1.807, 2.05) is 31.2 Å². The van der Waals surface area contributed by atoms with Crippen molar-refractivity contribution in [3.8, 4) is 0 Å². The third-order valence-corrected chi connectivity index (χ3v) is 2.32. The molecule has 0 N–H and O–H groups in total. The predicted molar refractivity (Wildman–Crippen MR) is 66.1 cm³/mol. The van der Waals surface area contributed by atoms with Crippen LogP contribution in [-0.2, 0) is 16.0 Å². The van der Waals surface area contributed by atoms with E-state index < -0.39 is 0 Å². The minimum absolute atomic E-state index is 0.173. The quantitative estimate of drug-likeness (QED) is 0.709. The smallest absolute Gasteiger partial charge is 0.309 e. The zero-order valence-electron chi connectivity index (χ0n) is 9.90. The van der Waals surface area contributed by atoms with E-state index in [-0.39, 0.29) is 5.97 Å². The van der Waals surface area contributed by atoms with Gasteiger partial charge in [-0.3, -0.25) is 4.79 Å². The Labute approximate surface area is 96.9 Å². The van der Waals surface area contributed by atoms with Crippen molar-refractivity contribution >= 4 is 12.0 Å². The first-order chi connectivity index (χ1) is 7.77. The molecule has 0 aliphatic carbocycles. The summed E-state index contributed by atoms with van der Waals surface area (Å²) in [5, 5.41) is 0. The van der Waals surface area contributed by atoms with Gasteiger partial charge in [-0.2, -0.15) is 0 Å². The monoisotopic (exact) mass is 218 g/mol. The van der Waals surface area contributed by atoms with Gasteiger partial charge in [0.25, 0.3) is 0 Å². The van der Waals surface area contributed by atoms with Gasteiger partial charge in [-0.1, -0.05) is 43.3 Å². The molecule has 0 heterocycles. The minimum atomic E-state index is -0.173. The third-order valence-electron chi connectivity index (χ3n) is 2.32. The third kappa shape index (κ3) is 3.89. The molecule has 2 heteroatoms. The predicted octanol–water partition coefficient (Wildman–Crippen LogP) is 3.22. The first-order valence-corrected chi connectivity index (χ1v) is 5.68. The molecule has 0 spiro atoms. The Morgan fingerprint density at radius 3 is 2.75 bits per heavy atom. The van der Waals surface area contributed by atoms with Crippen molar-refractivity contribution in [1.29, 1.82) is 0 Å². The molecule has 0 bridgehead atoms. The number of benzene rings is 1. The summed E-state index contributed by atoms with van der Waals surface area (Å²) in [6.07, 6.45) is 5.17. The van der Waals surface area contributed by atoms with Gasteiger partial charge in [0.1, 0.15) is 0 Å². The van der Waals surface area contributed by atoms with Crippen LogP contribution in [0.3, 0.4) is 0 Å². The fraction of sp³-hybridized carbons (Fsp3) is 0.357. The van der Waals surface area contributed by atoms with E-state index in [1.54, 1.807) is 0 Å². The Morgan fingerprint density at radius 2 is 2.06 bits per heavy atom. The summed E-state index contributed by atoms with van der Waals surface area (Å²) < 4.78 is 4.85. The van der Waals surface area contributed by atoms with Crippen LogP contribution in [0.4, 0.5) is 0 Å². The molecule has 0 saturated heterocycles. The second-order valence-corrected chi connectivity index (χ2v) is 3.46. The lowest BCUT2D eigenvalue weighted by Crippen LogP contribution is -2.01. The second kappa shape index (κ2) is 6.83. The van der Waals surface area contributed by atoms with Crippen LogP contribution in [0.25, 0.3) is 6.08 Å². The number of ether oxygens (including phenoxy) is 1. The summed E-state index contributed by atoms with van der Waals surface area (Å²) in [6.45, 7) is 4.38. The molecule has 0 atom stereocenters. The van der Waals surface area contributed by atoms with Crippen LogP contribution >= 0.6 is 0 Å². The molecular formula is C14H18O2. The van der Waals surface area contributed by atoms with Crippen LogP contribution in [-0.4, -0.2) is 12.6 Å². The molecule has 1 aromatic rings. The number of esters is 1. The topological polar surface area (TPSA) is 26.3 Å². The van der Waals surface area contributed by atoms with Gasteiger partial charge in [-0.25, -0.2) is 0 Å². The van der Waals surface area contributed by atoms with E-state index in [0.717, 1.165) is 6.42 Å². The van der Waals surface area contributed by atoms with E-state index >= 15 is 0 Å². The Kier molecular flexibility index (Phi) is 5.34. The normalized spacial score (nSPS) is 10.6. The molecule has 2 nitrogen and oxygen atoms in total. The highest BCUT2D eigenvalue weighted by Crippen LogP contribution is 2.11. The maximum absolute atomic E-state index is 11.1. The van der Waals surface area contributed by atoms with Crippen molar-refractivity contribution in [2.75, 3.05) is 6.61 Å². The summed E-state index contributed by atoms with van der Waals surface area (Å²) in [4.78, 5) is 11.1. The molecule has 1 rings (SSSR count). The van der Waals surface area contributed by atoms with E-state index in [9.17, 15) is 4.79 Å². The second-order valence-electron chi connectivity index (χ2n) is 3.46. The van der Waals surface area contributed by atoms with Gasteiger partial charge in [0.05, 0.1) is 13.0 Å². The van der Waals surface area contributed by atoms with Crippen molar-refractivity contribution in [1.82, 2.24) is 0 Å². The van der Waals surface area contributed by atoms with Gasteiger partial charge < -0.3 is 4.74 Å². The molecule has 0 unspecified atom stereocenters. The minimum Gasteiger partial charge on any atom is -0.466 e. The molecule has 0 aromatic heterocycles. The van der Waals surface area contributed by atoms with Crippen molar-refractivity contribution < 1.29 is 9.53 Å². The summed E-state index contributed by atoms with van der Waals surface area (Å²) in [7, 11) is 0. The van der Waals surface area contributed by atoms with Crippen LogP contribution in [0.15, 0.2) is 30.3 Å². The number of aryl methyl sites for hydroxylation is 1. The van der Waals surface area contributed by atoms with Crippen molar-refractivity contribution in [3.63, 3.8) is 0 Å². The highest BCUT2D eigenvalue weighted by Gasteiger charge is 1.98. The number of hydrogen-bond donors (Lipinski definition) is 0. The maximum Gasteiger partial charge on any atom is 0.309 e. The lowest BCUT2D eigenvalue weighted by molar-refractivity contribution is -0.142. The van der Waals surface area contributed by atoms with Gasteiger partial charge in [0.15, 0.2) is 0 Å². The number of carbonyl (C=O) groups excluding carboxylic acids is 1. The molecule has 0 fully saturated rings. The Bertz CT molecular complexity index is 367. The Hall–Kier alpha value is -1.57. The summed E-state index contributed by atoms with van der Waals surface area (Å²) in [5.74, 6) is -0.173. The molecule has 16 heavy (non-hydrogen) atoms. The highest BCUT2D eigenvalue weighted by molar-refractivity contribution is 5.72. The van der Waals surface area contributed by atoms with Crippen LogP contribution < -0.4 is 0 Å². The van der Waals surface area contributed by atoms with Crippen LogP contribution in [0, 0.1) is 0 Å². The van der Waals surface area contributed by atoms with Gasteiger partial charge in [-0.05, 0) is 24.5 Å². The molecule has 0 aliphatic heterocycles. The van der Waals surface area contributed by atoms with Crippen molar-refractivity contribution in [3.05, 3.63) is 41.5 Å². The SMILES string of the molecule is CCOC(=O)CC=Cc1ccccc1CC. The van der Waals surface area contributed by atoms with E-state index in [0.29, 0.717) is 13.0 Å². The highest BCUT2D eigenvalue weighted by atomic mass is 16.5. The van der Waals surface area contributed by atoms with Gasteiger partial charge in [0.2, 0.25) is 0 Å². The Balaban J connectivity index is 2.58. The van der Waals surface area contributed by atoms with Gasteiger partial charge in [0, 0.05) is 0 Å². The molecule has 0 radical (unpaired) electrons. The number of rotatable bonds is 5. The van der Waals surface area contributed by atoms with Gasteiger partial charge in [-0.15, -0.1) is 0 Å². The van der Waals surface area contributed by atoms with Crippen LogP contribution in [0.5, 0.6) is 0 Å². The van der Waals surface area contributed by atoms with E-state index in [4.69, 9.17) is 4.74 Å². The van der Waals surface area contributed by atoms with Crippen molar-refractivity contribution in [2.24, 2.45) is 0 Å². The number of carbonyl (C=O) groups is 1. The average molecular weight is 218 g/mol. The van der Waals surface area contributed by atoms with Crippen molar-refractivity contribution in [2.45, 2.75) is 26.7 Å². The molecule has 1 aromatic carbocycles. The Morgan fingerprint density at radius 1 is 1.31 bits per heavy atom. The molecular weight excluding hydrogens is 200 g/mol. The zero-order valence-corrected chi connectivity index (χ0v) is 9.90. The molecule has 0 aliphatic rings. The average Bonchev–Trinajstić information content (AvgIpc) is 2.30. The molecule has 86 valence electrons. The molecule has 0 saturated carbocycles. The maximum atomic E-state index is 11.1. The van der Waals surface area contributed by atoms with E-state index in [2.05, 4.69) is 19.1 Å². The fourth-order valence-electron chi connectivity index (χ4n) is 1.52.